The van der Waals surface area contributed by atoms with Gasteiger partial charge in [-0.1, -0.05) is 48.5 Å². The van der Waals surface area contributed by atoms with Crippen LogP contribution in [0.15, 0.2) is 60.7 Å². The van der Waals surface area contributed by atoms with Crippen LogP contribution >= 0.6 is 0 Å². The molecule has 3 aromatic carbocycles. The van der Waals surface area contributed by atoms with E-state index in [0.717, 1.165) is 21.9 Å². The molecule has 3 rings (SSSR count). The molecule has 3 N–H and O–H groups in total. The second kappa shape index (κ2) is 11.9. The number of alkyl carbamates (subject to hydrolysis) is 1. The number of amides is 3. The zero-order valence-corrected chi connectivity index (χ0v) is 22.0. The van der Waals surface area contributed by atoms with Crippen molar-refractivity contribution in [1.29, 1.82) is 0 Å². The molecule has 37 heavy (non-hydrogen) atoms. The molecule has 0 heterocycles. The molecule has 3 amide bonds. The Balaban J connectivity index is 1.91. The summed E-state index contributed by atoms with van der Waals surface area (Å²) < 4.78 is 5.21. The van der Waals surface area contributed by atoms with Gasteiger partial charge < -0.3 is 25.4 Å². The number of carbonyl (C=O) groups is 3. The number of aliphatic hydroxyl groups excluding tert-OH is 1. The van der Waals surface area contributed by atoms with Crippen LogP contribution in [0.3, 0.4) is 0 Å². The van der Waals surface area contributed by atoms with Crippen molar-refractivity contribution >= 4 is 34.4 Å². The van der Waals surface area contributed by atoms with Crippen molar-refractivity contribution in [2.24, 2.45) is 0 Å². The highest BCUT2D eigenvalue weighted by atomic mass is 16.6. The Kier molecular flexibility index (Phi) is 8.89. The van der Waals surface area contributed by atoms with Crippen molar-refractivity contribution in [2.75, 3.05) is 25.0 Å². The van der Waals surface area contributed by atoms with E-state index in [1.807, 2.05) is 62.4 Å². The monoisotopic (exact) mass is 505 g/mol. The van der Waals surface area contributed by atoms with Gasteiger partial charge in [0.15, 0.2) is 0 Å². The van der Waals surface area contributed by atoms with Crippen LogP contribution < -0.4 is 10.6 Å². The number of hydrogen-bond donors (Lipinski definition) is 3. The molecular weight excluding hydrogens is 470 g/mol. The Bertz CT molecular complexity index is 1280. The maximum Gasteiger partial charge on any atom is 0.408 e. The smallest absolute Gasteiger partial charge is 0.408 e. The first-order chi connectivity index (χ1) is 17.5. The van der Waals surface area contributed by atoms with Crippen LogP contribution in [0.4, 0.5) is 10.5 Å². The van der Waals surface area contributed by atoms with Gasteiger partial charge in [-0.3, -0.25) is 9.59 Å². The third kappa shape index (κ3) is 7.54. The van der Waals surface area contributed by atoms with Gasteiger partial charge in [0.2, 0.25) is 5.91 Å². The van der Waals surface area contributed by atoms with E-state index in [4.69, 9.17) is 4.74 Å². The molecule has 0 spiro atoms. The summed E-state index contributed by atoms with van der Waals surface area (Å²) in [6, 6.07) is 17.9. The Hall–Kier alpha value is -3.91. The topological polar surface area (TPSA) is 108 Å². The maximum atomic E-state index is 13.7. The molecule has 0 saturated carbocycles. The molecule has 1 atom stereocenters. The van der Waals surface area contributed by atoms with Gasteiger partial charge >= 0.3 is 6.09 Å². The van der Waals surface area contributed by atoms with Crippen LogP contribution in [0.1, 0.15) is 43.5 Å². The molecule has 0 bridgehead atoms. The number of benzene rings is 3. The highest BCUT2D eigenvalue weighted by Crippen LogP contribution is 2.26. The second-order valence-corrected chi connectivity index (χ2v) is 9.96. The van der Waals surface area contributed by atoms with Gasteiger partial charge in [-0.05, 0) is 74.2 Å². The fourth-order valence-corrected chi connectivity index (χ4v) is 3.95. The molecule has 0 saturated heterocycles. The first-order valence-corrected chi connectivity index (χ1v) is 12.2. The van der Waals surface area contributed by atoms with Gasteiger partial charge in [-0.2, -0.15) is 0 Å². The number of ether oxygens (including phenoxy) is 1. The molecule has 8 heteroatoms. The van der Waals surface area contributed by atoms with E-state index in [1.165, 1.54) is 4.90 Å². The van der Waals surface area contributed by atoms with Gasteiger partial charge in [0, 0.05) is 12.2 Å². The van der Waals surface area contributed by atoms with Crippen molar-refractivity contribution in [3.05, 3.63) is 77.4 Å². The zero-order chi connectivity index (χ0) is 27.2. The highest BCUT2D eigenvalue weighted by molar-refractivity contribution is 6.00. The Labute approximate surface area is 217 Å². The summed E-state index contributed by atoms with van der Waals surface area (Å²) in [4.78, 5) is 40.3. The number of carbonyl (C=O) groups excluding carboxylic acids is 3. The molecule has 0 aromatic heterocycles. The first kappa shape index (κ1) is 27.7. The number of hydrogen-bond acceptors (Lipinski definition) is 5. The summed E-state index contributed by atoms with van der Waals surface area (Å²) in [5.41, 5.74) is 2.47. The van der Waals surface area contributed by atoms with Crippen LogP contribution in [0.25, 0.3) is 10.8 Å². The van der Waals surface area contributed by atoms with E-state index in [9.17, 15) is 19.5 Å². The summed E-state index contributed by atoms with van der Waals surface area (Å²) in [7, 11) is 0. The molecule has 1 unspecified atom stereocenters. The summed E-state index contributed by atoms with van der Waals surface area (Å²) in [5.74, 6) is -0.964. The highest BCUT2D eigenvalue weighted by Gasteiger charge is 2.32. The molecule has 3 aromatic rings. The lowest BCUT2D eigenvalue weighted by Crippen LogP contribution is -2.47. The van der Waals surface area contributed by atoms with Crippen LogP contribution in [0.5, 0.6) is 0 Å². The van der Waals surface area contributed by atoms with Crippen LogP contribution in [-0.4, -0.2) is 53.2 Å². The second-order valence-electron chi connectivity index (χ2n) is 9.96. The van der Waals surface area contributed by atoms with Crippen molar-refractivity contribution in [2.45, 2.75) is 46.3 Å². The Morgan fingerprint density at radius 3 is 2.30 bits per heavy atom. The largest absolute Gasteiger partial charge is 0.444 e. The van der Waals surface area contributed by atoms with Gasteiger partial charge in [-0.15, -0.1) is 0 Å². The molecule has 196 valence electrons. The maximum absolute atomic E-state index is 13.7. The van der Waals surface area contributed by atoms with E-state index in [2.05, 4.69) is 10.6 Å². The lowest BCUT2D eigenvalue weighted by molar-refractivity contribution is -0.138. The lowest BCUT2D eigenvalue weighted by atomic mass is 9.98. The van der Waals surface area contributed by atoms with Crippen molar-refractivity contribution < 1.29 is 24.2 Å². The van der Waals surface area contributed by atoms with E-state index < -0.39 is 29.6 Å². The Morgan fingerprint density at radius 1 is 0.946 bits per heavy atom. The predicted octanol–water partition coefficient (Wildman–Crippen LogP) is 4.48. The van der Waals surface area contributed by atoms with Gasteiger partial charge in [0.05, 0.1) is 6.61 Å². The van der Waals surface area contributed by atoms with Crippen LogP contribution in [-0.2, 0) is 14.3 Å². The number of aryl methyl sites for hydroxylation is 2. The molecule has 0 fully saturated rings. The molecule has 8 nitrogen and oxygen atoms in total. The molecule has 0 aliphatic heterocycles. The third-order valence-corrected chi connectivity index (χ3v) is 5.87. The van der Waals surface area contributed by atoms with Gasteiger partial charge in [0.1, 0.15) is 18.2 Å². The Morgan fingerprint density at radius 2 is 1.65 bits per heavy atom. The molecular formula is C29H35N3O5. The van der Waals surface area contributed by atoms with Gasteiger partial charge in [0.25, 0.3) is 5.91 Å². The predicted molar refractivity (Wildman–Crippen MR) is 144 cm³/mol. The number of nitrogens with one attached hydrogen (secondary N) is 2. The van der Waals surface area contributed by atoms with Crippen molar-refractivity contribution in [3.8, 4) is 0 Å². The number of anilines is 1. The van der Waals surface area contributed by atoms with Gasteiger partial charge in [-0.25, -0.2) is 4.79 Å². The minimum Gasteiger partial charge on any atom is -0.444 e. The number of rotatable bonds is 8. The average molecular weight is 506 g/mol. The van der Waals surface area contributed by atoms with Crippen molar-refractivity contribution in [1.82, 2.24) is 10.2 Å². The normalized spacial score (nSPS) is 12.1. The fourth-order valence-electron chi connectivity index (χ4n) is 3.95. The number of nitrogens with zero attached hydrogens (tertiary/aromatic N) is 1. The average Bonchev–Trinajstić information content (AvgIpc) is 2.83. The zero-order valence-electron chi connectivity index (χ0n) is 22.0. The number of fused-ring (bicyclic) bond motifs is 1. The van der Waals surface area contributed by atoms with E-state index in [-0.39, 0.29) is 19.7 Å². The molecule has 0 aliphatic rings. The minimum absolute atomic E-state index is 0.0996. The molecule has 0 radical (unpaired) electrons. The van der Waals surface area contributed by atoms with Crippen LogP contribution in [0.2, 0.25) is 0 Å². The van der Waals surface area contributed by atoms with Crippen LogP contribution in [0, 0.1) is 13.8 Å². The van der Waals surface area contributed by atoms with Crippen molar-refractivity contribution in [3.63, 3.8) is 0 Å². The summed E-state index contributed by atoms with van der Waals surface area (Å²) >= 11 is 0. The minimum atomic E-state index is -1.04. The van der Waals surface area contributed by atoms with E-state index in [1.54, 1.807) is 32.9 Å². The number of aliphatic hydroxyl groups is 1. The quantitative estimate of drug-likeness (QED) is 0.418. The summed E-state index contributed by atoms with van der Waals surface area (Å²) in [6.07, 6.45) is -0.742. The fraction of sp³-hybridized carbons (Fsp3) is 0.345. The van der Waals surface area contributed by atoms with E-state index in [0.29, 0.717) is 11.3 Å². The standard InChI is InChI=1S/C29H35N3O5/c1-19-10-11-23(16-20(19)2)26(27(35)31-24-13-12-21-8-6-7-9-22(21)17-24)32(14-15-33)25(34)18-30-28(36)37-29(3,4)5/h6-13,16-17,26,33H,14-15,18H2,1-5H3,(H,30,36)(H,31,35). The van der Waals surface area contributed by atoms with E-state index >= 15 is 0 Å². The molecule has 0 aliphatic carbocycles. The summed E-state index contributed by atoms with van der Waals surface area (Å²) in [6.45, 7) is 8.21. The third-order valence-electron chi connectivity index (χ3n) is 5.87. The summed E-state index contributed by atoms with van der Waals surface area (Å²) in [5, 5.41) is 17.1. The SMILES string of the molecule is Cc1ccc(C(C(=O)Nc2ccc3ccccc3c2)N(CCO)C(=O)CNC(=O)OC(C)(C)C)cc1C. The first-order valence-electron chi connectivity index (χ1n) is 12.2. The lowest BCUT2D eigenvalue weighted by Gasteiger charge is -2.31.